The Morgan fingerprint density at radius 2 is 1.91 bits per heavy atom. The number of hydrogen-bond donors (Lipinski definition) is 0. The van der Waals surface area contributed by atoms with E-state index in [4.69, 9.17) is 0 Å². The third kappa shape index (κ3) is 1.28. The van der Waals surface area contributed by atoms with Crippen molar-refractivity contribution < 1.29 is 4.39 Å². The molecule has 0 heterocycles. The van der Waals surface area contributed by atoms with Gasteiger partial charge < -0.3 is 0 Å². The SMILES string of the molecule is F[C@H]1CCc2ccccc2C1. The zero-order valence-electron chi connectivity index (χ0n) is 6.39. The Morgan fingerprint density at radius 1 is 1.18 bits per heavy atom. The molecule has 0 fully saturated rings. The number of rotatable bonds is 0. The van der Waals surface area contributed by atoms with Gasteiger partial charge in [-0.05, 0) is 24.0 Å². The van der Waals surface area contributed by atoms with Crippen LogP contribution in [0.4, 0.5) is 4.39 Å². The Balaban J connectivity index is 2.34. The van der Waals surface area contributed by atoms with E-state index in [-0.39, 0.29) is 0 Å². The lowest BCUT2D eigenvalue weighted by molar-refractivity contribution is 0.301. The molecule has 58 valence electrons. The number of fused-ring (bicyclic) bond motifs is 1. The van der Waals surface area contributed by atoms with Crippen molar-refractivity contribution in [1.82, 2.24) is 0 Å². The van der Waals surface area contributed by atoms with Crippen LogP contribution in [0, 0.1) is 0 Å². The van der Waals surface area contributed by atoms with Gasteiger partial charge in [0.25, 0.3) is 0 Å². The number of halogens is 1. The van der Waals surface area contributed by atoms with Crippen LogP contribution >= 0.6 is 0 Å². The highest BCUT2D eigenvalue weighted by Gasteiger charge is 2.16. The molecule has 0 bridgehead atoms. The predicted molar refractivity (Wildman–Crippen MR) is 43.4 cm³/mol. The highest BCUT2D eigenvalue weighted by Crippen LogP contribution is 2.22. The Kier molecular flexibility index (Phi) is 1.65. The zero-order chi connectivity index (χ0) is 7.68. The number of benzene rings is 1. The lowest BCUT2D eigenvalue weighted by Crippen LogP contribution is -2.14. The average Bonchev–Trinajstić information content (AvgIpc) is 2.04. The lowest BCUT2D eigenvalue weighted by atomic mass is 9.91. The van der Waals surface area contributed by atoms with Crippen molar-refractivity contribution >= 4 is 0 Å². The first kappa shape index (κ1) is 6.84. The van der Waals surface area contributed by atoms with Gasteiger partial charge in [0, 0.05) is 6.42 Å². The Morgan fingerprint density at radius 3 is 2.73 bits per heavy atom. The van der Waals surface area contributed by atoms with Crippen molar-refractivity contribution in [3.8, 4) is 0 Å². The van der Waals surface area contributed by atoms with E-state index in [1.165, 1.54) is 11.1 Å². The summed E-state index contributed by atoms with van der Waals surface area (Å²) in [5.41, 5.74) is 2.53. The summed E-state index contributed by atoms with van der Waals surface area (Å²) in [6.07, 6.45) is 1.63. The van der Waals surface area contributed by atoms with Gasteiger partial charge in [-0.25, -0.2) is 4.39 Å². The van der Waals surface area contributed by atoms with Gasteiger partial charge in [0.1, 0.15) is 6.17 Å². The first-order valence-corrected chi connectivity index (χ1v) is 4.07. The van der Waals surface area contributed by atoms with Crippen LogP contribution in [-0.4, -0.2) is 6.17 Å². The minimum Gasteiger partial charge on any atom is -0.247 e. The first-order valence-electron chi connectivity index (χ1n) is 4.07. The van der Waals surface area contributed by atoms with E-state index in [9.17, 15) is 4.39 Å². The second-order valence-electron chi connectivity index (χ2n) is 3.11. The van der Waals surface area contributed by atoms with Gasteiger partial charge in [-0.15, -0.1) is 0 Å². The molecular weight excluding hydrogens is 139 g/mol. The quantitative estimate of drug-likeness (QED) is 0.533. The molecule has 1 aliphatic rings. The van der Waals surface area contributed by atoms with E-state index < -0.39 is 6.17 Å². The molecule has 0 saturated carbocycles. The van der Waals surface area contributed by atoms with E-state index >= 15 is 0 Å². The molecule has 1 atom stereocenters. The second kappa shape index (κ2) is 2.65. The summed E-state index contributed by atoms with van der Waals surface area (Å²) in [5, 5.41) is 0. The minimum atomic E-state index is -0.607. The molecule has 11 heavy (non-hydrogen) atoms. The molecule has 1 aliphatic carbocycles. The lowest BCUT2D eigenvalue weighted by Gasteiger charge is -2.18. The zero-order valence-corrected chi connectivity index (χ0v) is 6.39. The minimum absolute atomic E-state index is 0.607. The Labute approximate surface area is 66.1 Å². The van der Waals surface area contributed by atoms with Gasteiger partial charge in [0.05, 0.1) is 0 Å². The normalized spacial score (nSPS) is 22.8. The van der Waals surface area contributed by atoms with Gasteiger partial charge in [0.2, 0.25) is 0 Å². The van der Waals surface area contributed by atoms with E-state index in [1.54, 1.807) is 0 Å². The molecule has 0 aromatic heterocycles. The van der Waals surface area contributed by atoms with Crippen LogP contribution in [-0.2, 0) is 12.8 Å². The third-order valence-corrected chi connectivity index (χ3v) is 2.29. The monoisotopic (exact) mass is 150 g/mol. The summed E-state index contributed by atoms with van der Waals surface area (Å²) < 4.78 is 12.9. The van der Waals surface area contributed by atoms with Gasteiger partial charge >= 0.3 is 0 Å². The van der Waals surface area contributed by atoms with E-state index in [1.807, 2.05) is 18.2 Å². The van der Waals surface area contributed by atoms with Crippen LogP contribution < -0.4 is 0 Å². The highest BCUT2D eigenvalue weighted by atomic mass is 19.1. The van der Waals surface area contributed by atoms with Crippen LogP contribution in [0.5, 0.6) is 0 Å². The summed E-state index contributed by atoms with van der Waals surface area (Å²) in [5.74, 6) is 0. The molecule has 0 aliphatic heterocycles. The molecular formula is C10H11F. The molecule has 0 radical (unpaired) electrons. The molecule has 0 saturated heterocycles. The maximum absolute atomic E-state index is 12.9. The molecule has 0 N–H and O–H groups in total. The van der Waals surface area contributed by atoms with E-state index in [0.29, 0.717) is 12.8 Å². The fraction of sp³-hybridized carbons (Fsp3) is 0.400. The fourth-order valence-corrected chi connectivity index (χ4v) is 1.65. The van der Waals surface area contributed by atoms with E-state index in [0.717, 1.165) is 6.42 Å². The summed E-state index contributed by atoms with van der Waals surface area (Å²) in [6.45, 7) is 0. The molecule has 1 heteroatoms. The van der Waals surface area contributed by atoms with Crippen LogP contribution in [0.1, 0.15) is 17.5 Å². The van der Waals surface area contributed by atoms with Crippen LogP contribution in [0.15, 0.2) is 24.3 Å². The third-order valence-electron chi connectivity index (χ3n) is 2.29. The van der Waals surface area contributed by atoms with Crippen molar-refractivity contribution in [2.75, 3.05) is 0 Å². The standard InChI is InChI=1S/C10H11F/c11-10-6-5-8-3-1-2-4-9(8)7-10/h1-4,10H,5-7H2/t10-/m0/s1. The first-order chi connectivity index (χ1) is 5.36. The Bertz CT molecular complexity index is 255. The van der Waals surface area contributed by atoms with Crippen LogP contribution in [0.3, 0.4) is 0 Å². The molecule has 1 aromatic carbocycles. The average molecular weight is 150 g/mol. The summed E-state index contributed by atoms with van der Waals surface area (Å²) in [6, 6.07) is 8.14. The molecule has 1 aromatic rings. The number of hydrogen-bond acceptors (Lipinski definition) is 0. The molecule has 2 rings (SSSR count). The predicted octanol–water partition coefficient (Wildman–Crippen LogP) is 2.51. The summed E-state index contributed by atoms with van der Waals surface area (Å²) in [4.78, 5) is 0. The van der Waals surface area contributed by atoms with Gasteiger partial charge in [-0.2, -0.15) is 0 Å². The summed E-state index contributed by atoms with van der Waals surface area (Å²) >= 11 is 0. The van der Waals surface area contributed by atoms with Crippen LogP contribution in [0.25, 0.3) is 0 Å². The van der Waals surface area contributed by atoms with Crippen molar-refractivity contribution in [2.45, 2.75) is 25.4 Å². The van der Waals surface area contributed by atoms with Gasteiger partial charge in [-0.3, -0.25) is 0 Å². The van der Waals surface area contributed by atoms with Crippen molar-refractivity contribution in [3.05, 3.63) is 35.4 Å². The molecule has 0 spiro atoms. The topological polar surface area (TPSA) is 0 Å². The van der Waals surface area contributed by atoms with Crippen molar-refractivity contribution in [3.63, 3.8) is 0 Å². The number of alkyl halides is 1. The maximum Gasteiger partial charge on any atom is 0.104 e. The Hall–Kier alpha value is -0.850. The van der Waals surface area contributed by atoms with Gasteiger partial charge in [0.15, 0.2) is 0 Å². The van der Waals surface area contributed by atoms with Crippen molar-refractivity contribution in [1.29, 1.82) is 0 Å². The van der Waals surface area contributed by atoms with Gasteiger partial charge in [-0.1, -0.05) is 24.3 Å². The van der Waals surface area contributed by atoms with Crippen LogP contribution in [0.2, 0.25) is 0 Å². The largest absolute Gasteiger partial charge is 0.247 e. The van der Waals surface area contributed by atoms with Crippen molar-refractivity contribution in [2.24, 2.45) is 0 Å². The maximum atomic E-state index is 12.9. The highest BCUT2D eigenvalue weighted by molar-refractivity contribution is 5.29. The smallest absolute Gasteiger partial charge is 0.104 e. The van der Waals surface area contributed by atoms with E-state index in [2.05, 4.69) is 6.07 Å². The molecule has 0 nitrogen and oxygen atoms in total. The molecule has 0 amide bonds. The summed E-state index contributed by atoms with van der Waals surface area (Å²) in [7, 11) is 0. The fourth-order valence-electron chi connectivity index (χ4n) is 1.65. The molecule has 0 unspecified atom stereocenters. The number of aryl methyl sites for hydroxylation is 1. The second-order valence-corrected chi connectivity index (χ2v) is 3.11.